The first-order valence-electron chi connectivity index (χ1n) is 10.2. The van der Waals surface area contributed by atoms with Crippen molar-refractivity contribution in [2.45, 2.75) is 19.0 Å². The van der Waals surface area contributed by atoms with E-state index in [-0.39, 0.29) is 29.3 Å². The topological polar surface area (TPSA) is 67.4 Å². The Morgan fingerprint density at radius 3 is 2.17 bits per heavy atom. The van der Waals surface area contributed by atoms with Crippen LogP contribution in [0.15, 0.2) is 76.3 Å². The maximum atomic E-state index is 14.4. The second kappa shape index (κ2) is 10.9. The fourth-order valence-electron chi connectivity index (χ4n) is 3.58. The van der Waals surface area contributed by atoms with Gasteiger partial charge in [0.05, 0.1) is 17.3 Å². The lowest BCUT2D eigenvalue weighted by atomic mass is 9.92. The van der Waals surface area contributed by atoms with Gasteiger partial charge in [0.25, 0.3) is 5.43 Å². The average Bonchev–Trinajstić information content (AvgIpc) is 2.84. The maximum absolute atomic E-state index is 14.4. The van der Waals surface area contributed by atoms with Crippen molar-refractivity contribution in [1.29, 1.82) is 0 Å². The van der Waals surface area contributed by atoms with E-state index in [4.69, 9.17) is 16.4 Å². The number of halogens is 5. The molecule has 4 aromatic carbocycles. The molecule has 0 heterocycles. The SMILES string of the molecule is CC(NC(c1ccc(Cl)cc1)c1c(ONc2ccccc2)c(=O)c1=O)c1ccc(F)c(F)c1F.Cl. The van der Waals surface area contributed by atoms with Crippen molar-refractivity contribution in [1.82, 2.24) is 5.32 Å². The highest BCUT2D eigenvalue weighted by atomic mass is 35.5. The molecule has 0 radical (unpaired) electrons. The first-order valence-corrected chi connectivity index (χ1v) is 10.6. The molecule has 4 aromatic rings. The molecule has 182 valence electrons. The quantitative estimate of drug-likeness (QED) is 0.178. The summed E-state index contributed by atoms with van der Waals surface area (Å²) in [6.45, 7) is 1.52. The van der Waals surface area contributed by atoms with Crippen molar-refractivity contribution in [3.63, 3.8) is 0 Å². The highest BCUT2D eigenvalue weighted by Crippen LogP contribution is 2.31. The van der Waals surface area contributed by atoms with Crippen LogP contribution >= 0.6 is 24.0 Å². The third-order valence-electron chi connectivity index (χ3n) is 5.39. The van der Waals surface area contributed by atoms with Gasteiger partial charge in [0, 0.05) is 16.6 Å². The molecule has 0 aromatic heterocycles. The molecular weight excluding hydrogens is 504 g/mol. The van der Waals surface area contributed by atoms with E-state index in [1.165, 1.54) is 6.92 Å². The van der Waals surface area contributed by atoms with Crippen LogP contribution in [0.25, 0.3) is 0 Å². The minimum atomic E-state index is -1.60. The summed E-state index contributed by atoms with van der Waals surface area (Å²) in [6, 6.07) is 15.3. The Morgan fingerprint density at radius 2 is 1.51 bits per heavy atom. The van der Waals surface area contributed by atoms with Gasteiger partial charge >= 0.3 is 0 Å². The molecule has 0 aliphatic heterocycles. The molecule has 35 heavy (non-hydrogen) atoms. The second-order valence-corrected chi connectivity index (χ2v) is 8.05. The predicted molar refractivity (Wildman–Crippen MR) is 130 cm³/mol. The van der Waals surface area contributed by atoms with Gasteiger partial charge < -0.3 is 4.84 Å². The normalized spacial score (nSPS) is 12.6. The van der Waals surface area contributed by atoms with Crippen LogP contribution < -0.4 is 26.5 Å². The van der Waals surface area contributed by atoms with E-state index in [1.807, 2.05) is 0 Å². The molecule has 0 spiro atoms. The molecule has 0 aliphatic carbocycles. The molecule has 0 amide bonds. The Bertz CT molecular complexity index is 1390. The van der Waals surface area contributed by atoms with Crippen LogP contribution in [-0.2, 0) is 0 Å². The van der Waals surface area contributed by atoms with Crippen LogP contribution in [0.5, 0.6) is 5.75 Å². The number of hydrogen-bond acceptors (Lipinski definition) is 5. The zero-order valence-electron chi connectivity index (χ0n) is 18.2. The average molecular weight is 523 g/mol. The fraction of sp³-hybridized carbons (Fsp3) is 0.120. The molecule has 2 atom stereocenters. The Morgan fingerprint density at radius 1 is 0.857 bits per heavy atom. The first-order chi connectivity index (χ1) is 16.3. The van der Waals surface area contributed by atoms with Crippen molar-refractivity contribution < 1.29 is 18.0 Å². The Kier molecular flexibility index (Phi) is 8.22. The molecular formula is C25H19Cl2F3N2O3. The summed E-state index contributed by atoms with van der Waals surface area (Å²) in [5, 5.41) is 3.47. The third kappa shape index (κ3) is 5.35. The lowest BCUT2D eigenvalue weighted by molar-refractivity contribution is 0.377. The summed E-state index contributed by atoms with van der Waals surface area (Å²) in [4.78, 5) is 30.3. The van der Waals surface area contributed by atoms with Crippen LogP contribution in [0.3, 0.4) is 0 Å². The lowest BCUT2D eigenvalue weighted by Crippen LogP contribution is -2.43. The largest absolute Gasteiger partial charge is 0.377 e. The van der Waals surface area contributed by atoms with Crippen molar-refractivity contribution in [2.24, 2.45) is 0 Å². The van der Waals surface area contributed by atoms with Gasteiger partial charge in [0.2, 0.25) is 11.2 Å². The van der Waals surface area contributed by atoms with Gasteiger partial charge in [0.1, 0.15) is 0 Å². The smallest absolute Gasteiger partial charge is 0.271 e. The Labute approximate surface area is 209 Å². The van der Waals surface area contributed by atoms with Crippen LogP contribution in [-0.4, -0.2) is 0 Å². The summed E-state index contributed by atoms with van der Waals surface area (Å²) in [5.74, 6) is -4.46. The van der Waals surface area contributed by atoms with E-state index in [0.29, 0.717) is 16.3 Å². The molecule has 10 heteroatoms. The van der Waals surface area contributed by atoms with Crippen LogP contribution in [0.4, 0.5) is 18.9 Å². The third-order valence-corrected chi connectivity index (χ3v) is 5.64. The van der Waals surface area contributed by atoms with Gasteiger partial charge in [-0.2, -0.15) is 0 Å². The van der Waals surface area contributed by atoms with E-state index in [9.17, 15) is 22.8 Å². The van der Waals surface area contributed by atoms with Crippen molar-refractivity contribution in [3.05, 3.63) is 126 Å². The lowest BCUT2D eigenvalue weighted by Gasteiger charge is -2.27. The molecule has 0 saturated carbocycles. The number of para-hydroxylation sites is 1. The standard InChI is InChI=1S/C25H18ClF3N2O3.ClH/c1-13(17-11-12-18(27)21(29)20(17)28)30-22(14-7-9-15(26)10-8-14)19-23(32)24(33)25(19)34-31-16-5-3-2-4-6-16;/h2-13,22,30-31H,1H3;1H. The van der Waals surface area contributed by atoms with Gasteiger partial charge in [-0.1, -0.05) is 48.0 Å². The summed E-state index contributed by atoms with van der Waals surface area (Å²) >= 11 is 5.98. The maximum Gasteiger partial charge on any atom is 0.271 e. The van der Waals surface area contributed by atoms with E-state index in [1.54, 1.807) is 54.6 Å². The molecule has 0 aliphatic rings. The van der Waals surface area contributed by atoms with E-state index < -0.39 is 40.4 Å². The van der Waals surface area contributed by atoms with Gasteiger partial charge in [-0.3, -0.25) is 14.9 Å². The second-order valence-electron chi connectivity index (χ2n) is 7.61. The van der Waals surface area contributed by atoms with Crippen molar-refractivity contribution >= 4 is 29.7 Å². The monoisotopic (exact) mass is 522 g/mol. The molecule has 5 nitrogen and oxygen atoms in total. The number of anilines is 1. The zero-order valence-corrected chi connectivity index (χ0v) is 19.7. The highest BCUT2D eigenvalue weighted by molar-refractivity contribution is 6.30. The van der Waals surface area contributed by atoms with E-state index >= 15 is 0 Å². The molecule has 2 N–H and O–H groups in total. The van der Waals surface area contributed by atoms with Crippen LogP contribution in [0, 0.1) is 17.5 Å². The fourth-order valence-corrected chi connectivity index (χ4v) is 3.71. The van der Waals surface area contributed by atoms with Gasteiger partial charge in [-0.15, -0.1) is 12.4 Å². The van der Waals surface area contributed by atoms with Gasteiger partial charge in [-0.25, -0.2) is 18.7 Å². The molecule has 4 rings (SSSR count). The van der Waals surface area contributed by atoms with Crippen LogP contribution in [0.1, 0.15) is 35.7 Å². The number of benzene rings is 3. The van der Waals surface area contributed by atoms with Crippen molar-refractivity contribution in [3.8, 4) is 5.75 Å². The summed E-state index contributed by atoms with van der Waals surface area (Å²) in [5.41, 5.74) is 1.94. The van der Waals surface area contributed by atoms with E-state index in [2.05, 4.69) is 10.8 Å². The number of hydrogen-bond donors (Lipinski definition) is 2. The molecule has 0 bridgehead atoms. The summed E-state index contributed by atoms with van der Waals surface area (Å²) in [6.07, 6.45) is 0. The Balaban J connectivity index is 0.00000342. The molecule has 0 saturated heterocycles. The summed E-state index contributed by atoms with van der Waals surface area (Å²) < 4.78 is 41.6. The minimum Gasteiger partial charge on any atom is -0.377 e. The summed E-state index contributed by atoms with van der Waals surface area (Å²) in [7, 11) is 0. The number of nitrogens with one attached hydrogen (secondary N) is 2. The number of rotatable bonds is 8. The highest BCUT2D eigenvalue weighted by Gasteiger charge is 2.33. The predicted octanol–water partition coefficient (Wildman–Crippen LogP) is 5.62. The minimum absolute atomic E-state index is 0. The molecule has 0 fully saturated rings. The van der Waals surface area contributed by atoms with Gasteiger partial charge in [0.15, 0.2) is 17.5 Å². The van der Waals surface area contributed by atoms with Crippen molar-refractivity contribution in [2.75, 3.05) is 5.48 Å². The van der Waals surface area contributed by atoms with E-state index in [0.717, 1.165) is 12.1 Å². The Hall–Kier alpha value is -3.33. The van der Waals surface area contributed by atoms with Crippen LogP contribution in [0.2, 0.25) is 5.02 Å². The molecule has 2 unspecified atom stereocenters. The zero-order chi connectivity index (χ0) is 24.4. The van der Waals surface area contributed by atoms with Gasteiger partial charge in [-0.05, 0) is 42.8 Å². The first kappa shape index (κ1) is 26.3.